The zero-order chi connectivity index (χ0) is 15.2. The van der Waals surface area contributed by atoms with Crippen molar-refractivity contribution in [2.24, 2.45) is 0 Å². The maximum atomic E-state index is 12.1. The van der Waals surface area contributed by atoms with E-state index in [1.165, 1.54) is 12.1 Å². The summed E-state index contributed by atoms with van der Waals surface area (Å²) in [6.45, 7) is 5.37. The van der Waals surface area contributed by atoms with Crippen LogP contribution in [0.15, 0.2) is 29.2 Å². The van der Waals surface area contributed by atoms with Crippen LogP contribution >= 0.6 is 11.8 Å². The first-order chi connectivity index (χ1) is 9.30. The normalized spacial score (nSPS) is 12.1. The maximum absolute atomic E-state index is 12.1. The van der Waals surface area contributed by atoms with Gasteiger partial charge in [0.1, 0.15) is 0 Å². The van der Waals surface area contributed by atoms with Crippen molar-refractivity contribution in [2.45, 2.75) is 23.5 Å². The largest absolute Gasteiger partial charge is 0.314 e. The highest BCUT2D eigenvalue weighted by atomic mass is 32.2. The number of thioether (sulfide) groups is 1. The first kappa shape index (κ1) is 17.0. The van der Waals surface area contributed by atoms with Gasteiger partial charge in [0.2, 0.25) is 0 Å². The summed E-state index contributed by atoms with van der Waals surface area (Å²) in [6, 6.07) is 8.09. The molecule has 0 saturated carbocycles. The molecule has 1 N–H and O–H groups in total. The molecule has 0 saturated heterocycles. The minimum absolute atomic E-state index is 0.0341. The third-order valence-electron chi connectivity index (χ3n) is 2.97. The predicted octanol–water partition coefficient (Wildman–Crippen LogP) is 2.06. The van der Waals surface area contributed by atoms with Gasteiger partial charge in [0.25, 0.3) is 0 Å². The quantitative estimate of drug-likeness (QED) is 0.780. The van der Waals surface area contributed by atoms with Crippen LogP contribution in [0.5, 0.6) is 0 Å². The first-order valence-electron chi connectivity index (χ1n) is 6.29. The van der Waals surface area contributed by atoms with Gasteiger partial charge in [-0.25, -0.2) is 8.42 Å². The number of nitrogens with zero attached hydrogens (tertiary/aromatic N) is 1. The summed E-state index contributed by atoms with van der Waals surface area (Å²) in [5, 5.41) is 12.0. The second-order valence-corrected chi connectivity index (χ2v) is 8.72. The van der Waals surface area contributed by atoms with E-state index in [4.69, 9.17) is 5.26 Å². The Kier molecular flexibility index (Phi) is 6.06. The van der Waals surface area contributed by atoms with E-state index >= 15 is 0 Å². The van der Waals surface area contributed by atoms with E-state index in [-0.39, 0.29) is 15.4 Å². The monoisotopic (exact) mass is 312 g/mol. The van der Waals surface area contributed by atoms with Crippen LogP contribution in [0.1, 0.15) is 19.4 Å². The van der Waals surface area contributed by atoms with Gasteiger partial charge < -0.3 is 5.32 Å². The molecule has 0 aliphatic rings. The molecule has 6 heteroatoms. The van der Waals surface area contributed by atoms with Crippen LogP contribution in [0.3, 0.4) is 0 Å². The topological polar surface area (TPSA) is 70.0 Å². The summed E-state index contributed by atoms with van der Waals surface area (Å²) in [5.41, 5.74) is 0.363. The van der Waals surface area contributed by atoms with E-state index in [1.807, 2.05) is 12.3 Å². The molecule has 0 fully saturated rings. The minimum atomic E-state index is -3.34. The van der Waals surface area contributed by atoms with Crippen molar-refractivity contribution >= 4 is 21.6 Å². The van der Waals surface area contributed by atoms with Crippen LogP contribution in [0.25, 0.3) is 0 Å². The number of nitriles is 1. The number of rotatable bonds is 7. The van der Waals surface area contributed by atoms with E-state index in [2.05, 4.69) is 19.2 Å². The number of sulfone groups is 1. The Morgan fingerprint density at radius 3 is 2.70 bits per heavy atom. The third kappa shape index (κ3) is 5.16. The summed E-state index contributed by atoms with van der Waals surface area (Å²) >= 11 is 1.74. The fourth-order valence-electron chi connectivity index (χ4n) is 1.55. The fourth-order valence-corrected chi connectivity index (χ4v) is 3.03. The highest BCUT2D eigenvalue weighted by molar-refractivity contribution is 7.99. The Balaban J connectivity index is 2.60. The van der Waals surface area contributed by atoms with E-state index < -0.39 is 9.84 Å². The van der Waals surface area contributed by atoms with Crippen molar-refractivity contribution in [3.63, 3.8) is 0 Å². The number of hydrogen-bond acceptors (Lipinski definition) is 5. The van der Waals surface area contributed by atoms with Crippen molar-refractivity contribution in [3.05, 3.63) is 29.8 Å². The lowest BCUT2D eigenvalue weighted by Crippen LogP contribution is -2.34. The molecule has 0 spiro atoms. The van der Waals surface area contributed by atoms with Gasteiger partial charge in [0.05, 0.1) is 22.3 Å². The molecule has 0 aliphatic carbocycles. The third-order valence-corrected chi connectivity index (χ3v) is 5.94. The van der Waals surface area contributed by atoms with Gasteiger partial charge >= 0.3 is 0 Å². The Labute approximate surface area is 125 Å². The lowest BCUT2D eigenvalue weighted by atomic mass is 10.2. The average molecular weight is 312 g/mol. The lowest BCUT2D eigenvalue weighted by molar-refractivity contribution is 0.579. The predicted molar refractivity (Wildman–Crippen MR) is 83.7 cm³/mol. The van der Waals surface area contributed by atoms with Crippen LogP contribution in [0, 0.1) is 11.3 Å². The number of benzene rings is 1. The smallest absolute Gasteiger partial charge is 0.179 e. The maximum Gasteiger partial charge on any atom is 0.179 e. The summed E-state index contributed by atoms with van der Waals surface area (Å²) in [6.07, 6.45) is 2.03. The molecule has 20 heavy (non-hydrogen) atoms. The van der Waals surface area contributed by atoms with Gasteiger partial charge in [0, 0.05) is 17.8 Å². The molecule has 1 aromatic rings. The molecule has 0 amide bonds. The van der Waals surface area contributed by atoms with Gasteiger partial charge in [-0.2, -0.15) is 17.0 Å². The summed E-state index contributed by atoms with van der Waals surface area (Å²) in [4.78, 5) is 0.211. The summed E-state index contributed by atoms with van der Waals surface area (Å²) < 4.78 is 24.4. The van der Waals surface area contributed by atoms with Gasteiger partial charge in [-0.3, -0.25) is 0 Å². The van der Waals surface area contributed by atoms with Crippen molar-refractivity contribution in [1.29, 1.82) is 5.26 Å². The second-order valence-electron chi connectivity index (χ2n) is 5.10. The van der Waals surface area contributed by atoms with Crippen molar-refractivity contribution in [2.75, 3.05) is 25.1 Å². The van der Waals surface area contributed by atoms with Crippen LogP contribution < -0.4 is 5.32 Å². The zero-order valence-corrected chi connectivity index (χ0v) is 13.6. The van der Waals surface area contributed by atoms with Gasteiger partial charge in [0.15, 0.2) is 9.84 Å². The molecule has 4 nitrogen and oxygen atoms in total. The lowest BCUT2D eigenvalue weighted by Gasteiger charge is -2.22. The molecule has 0 heterocycles. The summed E-state index contributed by atoms with van der Waals surface area (Å²) in [7, 11) is -3.34. The Morgan fingerprint density at radius 2 is 2.10 bits per heavy atom. The summed E-state index contributed by atoms with van der Waals surface area (Å²) in [5.74, 6) is 0.0341. The highest BCUT2D eigenvalue weighted by Gasteiger charge is 2.17. The Morgan fingerprint density at radius 1 is 1.40 bits per heavy atom. The molecule has 1 rings (SSSR count). The van der Waals surface area contributed by atoms with Crippen LogP contribution in [0.4, 0.5) is 0 Å². The van der Waals surface area contributed by atoms with Crippen molar-refractivity contribution in [3.8, 4) is 6.07 Å². The van der Waals surface area contributed by atoms with E-state index in [1.54, 1.807) is 23.9 Å². The van der Waals surface area contributed by atoms with Crippen molar-refractivity contribution < 1.29 is 8.42 Å². The molecular weight excluding hydrogens is 292 g/mol. The second kappa shape index (κ2) is 7.11. The van der Waals surface area contributed by atoms with Gasteiger partial charge in [-0.1, -0.05) is 6.07 Å². The van der Waals surface area contributed by atoms with Crippen LogP contribution in [-0.4, -0.2) is 38.3 Å². The molecule has 0 unspecified atom stereocenters. The Hall–Kier alpha value is -1.03. The van der Waals surface area contributed by atoms with Crippen LogP contribution in [-0.2, 0) is 9.84 Å². The van der Waals surface area contributed by atoms with Crippen molar-refractivity contribution in [1.82, 2.24) is 5.32 Å². The number of hydrogen-bond donors (Lipinski definition) is 1. The molecule has 0 radical (unpaired) electrons. The molecule has 0 bridgehead atoms. The zero-order valence-electron chi connectivity index (χ0n) is 12.0. The average Bonchev–Trinajstić information content (AvgIpc) is 2.44. The molecule has 0 aromatic heterocycles. The molecule has 110 valence electrons. The first-order valence-corrected chi connectivity index (χ1v) is 9.17. The van der Waals surface area contributed by atoms with E-state index in [0.717, 1.165) is 6.54 Å². The molecule has 0 atom stereocenters. The SMILES string of the molecule is CSC(C)(C)CNCCS(=O)(=O)c1cccc(C#N)c1. The molecule has 0 aliphatic heterocycles. The molecular formula is C14H20N2O2S2. The van der Waals surface area contributed by atoms with Crippen LogP contribution in [0.2, 0.25) is 0 Å². The van der Waals surface area contributed by atoms with Gasteiger partial charge in [-0.15, -0.1) is 0 Å². The van der Waals surface area contributed by atoms with E-state index in [9.17, 15) is 8.42 Å². The number of nitrogens with one attached hydrogen (secondary N) is 1. The molecule has 1 aromatic carbocycles. The Bertz CT molecular complexity index is 589. The van der Waals surface area contributed by atoms with Gasteiger partial charge in [-0.05, 0) is 38.3 Å². The highest BCUT2D eigenvalue weighted by Crippen LogP contribution is 2.19. The fraction of sp³-hybridized carbons (Fsp3) is 0.500. The standard InChI is InChI=1S/C14H20N2O2S2/c1-14(2,19-3)11-16-7-8-20(17,18)13-6-4-5-12(9-13)10-15/h4-6,9,16H,7-8,11H2,1-3H3. The minimum Gasteiger partial charge on any atom is -0.314 e. The van der Waals surface area contributed by atoms with E-state index in [0.29, 0.717) is 12.1 Å².